The molecule has 1 aromatic rings. The third-order valence-electron chi connectivity index (χ3n) is 3.06. The van der Waals surface area contributed by atoms with E-state index in [9.17, 15) is 4.79 Å². The molecule has 0 N–H and O–H groups in total. The summed E-state index contributed by atoms with van der Waals surface area (Å²) < 4.78 is 16.7. The van der Waals surface area contributed by atoms with Crippen molar-refractivity contribution in [2.75, 3.05) is 6.61 Å². The second-order valence-corrected chi connectivity index (χ2v) is 6.23. The van der Waals surface area contributed by atoms with Crippen molar-refractivity contribution in [2.45, 2.75) is 57.8 Å². The number of ether oxygens (including phenoxy) is 3. The van der Waals surface area contributed by atoms with Crippen molar-refractivity contribution < 1.29 is 19.0 Å². The van der Waals surface area contributed by atoms with Gasteiger partial charge < -0.3 is 14.2 Å². The molecule has 0 aromatic carbocycles. The van der Waals surface area contributed by atoms with E-state index in [-0.39, 0.29) is 18.2 Å². The molecule has 21 heavy (non-hydrogen) atoms. The van der Waals surface area contributed by atoms with Crippen LogP contribution >= 0.6 is 0 Å². The van der Waals surface area contributed by atoms with Gasteiger partial charge in [0.15, 0.2) is 0 Å². The Morgan fingerprint density at radius 2 is 2.10 bits per heavy atom. The highest BCUT2D eigenvalue weighted by molar-refractivity contribution is 5.70. The number of aromatic nitrogens is 1. The molecule has 2 rings (SSSR count). The molecule has 0 amide bonds. The van der Waals surface area contributed by atoms with E-state index in [1.165, 1.54) is 0 Å². The Kier molecular flexibility index (Phi) is 5.17. The van der Waals surface area contributed by atoms with Gasteiger partial charge in [-0.3, -0.25) is 4.79 Å². The zero-order valence-corrected chi connectivity index (χ0v) is 12.9. The largest absolute Gasteiger partial charge is 0.475 e. The Balaban J connectivity index is 1.70. The molecule has 1 aromatic heterocycles. The minimum Gasteiger partial charge on any atom is -0.475 e. The molecule has 1 fully saturated rings. The van der Waals surface area contributed by atoms with Gasteiger partial charge in [0, 0.05) is 12.3 Å². The molecule has 1 saturated heterocycles. The van der Waals surface area contributed by atoms with E-state index in [2.05, 4.69) is 4.98 Å². The first-order chi connectivity index (χ1) is 9.92. The van der Waals surface area contributed by atoms with Crippen LogP contribution in [0.1, 0.15) is 40.0 Å². The van der Waals surface area contributed by atoms with Gasteiger partial charge in [-0.25, -0.2) is 4.98 Å². The van der Waals surface area contributed by atoms with Crippen molar-refractivity contribution in [3.8, 4) is 5.88 Å². The van der Waals surface area contributed by atoms with Crippen molar-refractivity contribution in [3.63, 3.8) is 0 Å². The van der Waals surface area contributed by atoms with E-state index < -0.39 is 5.60 Å². The lowest BCUT2D eigenvalue weighted by atomic mass is 10.1. The summed E-state index contributed by atoms with van der Waals surface area (Å²) in [6.07, 6.45) is 3.68. The number of nitrogens with zero attached hydrogens (tertiary/aromatic N) is 1. The molecule has 0 saturated carbocycles. The second kappa shape index (κ2) is 6.89. The minimum atomic E-state index is -0.447. The SMILES string of the molecule is CC(C)(C)OC(=O)C[C@H]1CC[C@@H](COc2ccccn2)O1. The van der Waals surface area contributed by atoms with Crippen molar-refractivity contribution in [1.29, 1.82) is 0 Å². The van der Waals surface area contributed by atoms with Crippen LogP contribution in [0.3, 0.4) is 0 Å². The highest BCUT2D eigenvalue weighted by Crippen LogP contribution is 2.24. The highest BCUT2D eigenvalue weighted by atomic mass is 16.6. The second-order valence-electron chi connectivity index (χ2n) is 6.23. The zero-order chi connectivity index (χ0) is 15.3. The number of carbonyl (C=O) groups is 1. The van der Waals surface area contributed by atoms with Crippen molar-refractivity contribution in [3.05, 3.63) is 24.4 Å². The van der Waals surface area contributed by atoms with Crippen LogP contribution < -0.4 is 4.74 Å². The third-order valence-corrected chi connectivity index (χ3v) is 3.06. The summed E-state index contributed by atoms with van der Waals surface area (Å²) in [5.74, 6) is 0.385. The van der Waals surface area contributed by atoms with E-state index in [4.69, 9.17) is 14.2 Å². The molecule has 1 aliphatic rings. The Bertz CT molecular complexity index is 455. The van der Waals surface area contributed by atoms with E-state index in [0.29, 0.717) is 18.9 Å². The third kappa shape index (κ3) is 5.71. The lowest BCUT2D eigenvalue weighted by molar-refractivity contribution is -0.157. The van der Waals surface area contributed by atoms with Gasteiger partial charge in [0.1, 0.15) is 12.2 Å². The summed E-state index contributed by atoms with van der Waals surface area (Å²) in [5.41, 5.74) is -0.447. The van der Waals surface area contributed by atoms with Crippen LogP contribution in [-0.2, 0) is 14.3 Å². The Morgan fingerprint density at radius 3 is 2.76 bits per heavy atom. The van der Waals surface area contributed by atoms with Crippen LogP contribution in [0.4, 0.5) is 0 Å². The molecule has 0 spiro atoms. The monoisotopic (exact) mass is 293 g/mol. The fourth-order valence-corrected chi connectivity index (χ4v) is 2.23. The van der Waals surface area contributed by atoms with Crippen LogP contribution in [0.5, 0.6) is 5.88 Å². The smallest absolute Gasteiger partial charge is 0.308 e. The van der Waals surface area contributed by atoms with Crippen molar-refractivity contribution >= 4 is 5.97 Å². The van der Waals surface area contributed by atoms with Gasteiger partial charge in [-0.1, -0.05) is 6.07 Å². The number of carbonyl (C=O) groups excluding carboxylic acids is 1. The van der Waals surface area contributed by atoms with Crippen LogP contribution in [0.25, 0.3) is 0 Å². The maximum Gasteiger partial charge on any atom is 0.308 e. The molecule has 1 aliphatic heterocycles. The topological polar surface area (TPSA) is 57.7 Å². The molecule has 0 unspecified atom stereocenters. The van der Waals surface area contributed by atoms with Crippen LogP contribution in [0.2, 0.25) is 0 Å². The standard InChI is InChI=1S/C16H23NO4/c1-16(2,3)21-15(18)10-12-7-8-13(20-12)11-19-14-6-4-5-9-17-14/h4-6,9,12-13H,7-8,10-11H2,1-3H3/t12-,13+/m1/s1. The molecule has 2 heterocycles. The molecule has 5 heteroatoms. The van der Waals surface area contributed by atoms with Gasteiger partial charge in [-0.2, -0.15) is 0 Å². The van der Waals surface area contributed by atoms with E-state index in [1.54, 1.807) is 6.20 Å². The number of hydrogen-bond donors (Lipinski definition) is 0. The number of esters is 1. The average Bonchev–Trinajstić information content (AvgIpc) is 2.83. The summed E-state index contributed by atoms with van der Waals surface area (Å²) in [4.78, 5) is 15.9. The maximum atomic E-state index is 11.8. The fourth-order valence-electron chi connectivity index (χ4n) is 2.23. The molecular formula is C16H23NO4. The quantitative estimate of drug-likeness (QED) is 0.781. The van der Waals surface area contributed by atoms with Gasteiger partial charge in [-0.15, -0.1) is 0 Å². The molecule has 116 valence electrons. The van der Waals surface area contributed by atoms with Gasteiger partial charge in [0.25, 0.3) is 0 Å². The summed E-state index contributed by atoms with van der Waals surface area (Å²) in [6, 6.07) is 5.53. The number of hydrogen-bond acceptors (Lipinski definition) is 5. The van der Waals surface area contributed by atoms with E-state index >= 15 is 0 Å². The van der Waals surface area contributed by atoms with Gasteiger partial charge in [0.05, 0.1) is 18.6 Å². The number of rotatable bonds is 5. The lowest BCUT2D eigenvalue weighted by Gasteiger charge is -2.21. The average molecular weight is 293 g/mol. The van der Waals surface area contributed by atoms with Gasteiger partial charge >= 0.3 is 5.97 Å². The molecule has 0 aliphatic carbocycles. The maximum absolute atomic E-state index is 11.8. The normalized spacial score (nSPS) is 22.0. The van der Waals surface area contributed by atoms with Crippen molar-refractivity contribution in [2.24, 2.45) is 0 Å². The molecule has 0 bridgehead atoms. The lowest BCUT2D eigenvalue weighted by Crippen LogP contribution is -2.27. The Hall–Kier alpha value is -1.62. The Labute approximate surface area is 125 Å². The van der Waals surface area contributed by atoms with Crippen molar-refractivity contribution in [1.82, 2.24) is 4.98 Å². The molecule has 2 atom stereocenters. The first-order valence-electron chi connectivity index (χ1n) is 7.33. The predicted molar refractivity (Wildman–Crippen MR) is 78.1 cm³/mol. The van der Waals surface area contributed by atoms with Gasteiger partial charge in [-0.05, 0) is 39.7 Å². The van der Waals surface area contributed by atoms with Crippen LogP contribution in [0, 0.1) is 0 Å². The number of pyridine rings is 1. The van der Waals surface area contributed by atoms with Crippen LogP contribution in [0.15, 0.2) is 24.4 Å². The minimum absolute atomic E-state index is 0.0134. The summed E-state index contributed by atoms with van der Waals surface area (Å²) in [7, 11) is 0. The predicted octanol–water partition coefficient (Wildman–Crippen LogP) is 2.74. The molecule has 0 radical (unpaired) electrons. The summed E-state index contributed by atoms with van der Waals surface area (Å²) >= 11 is 0. The van der Waals surface area contributed by atoms with E-state index in [0.717, 1.165) is 12.8 Å². The molecule has 5 nitrogen and oxygen atoms in total. The highest BCUT2D eigenvalue weighted by Gasteiger charge is 2.29. The van der Waals surface area contributed by atoms with Gasteiger partial charge in [0.2, 0.25) is 5.88 Å². The van der Waals surface area contributed by atoms with E-state index in [1.807, 2.05) is 39.0 Å². The fraction of sp³-hybridized carbons (Fsp3) is 0.625. The first-order valence-corrected chi connectivity index (χ1v) is 7.33. The zero-order valence-electron chi connectivity index (χ0n) is 12.9. The Morgan fingerprint density at radius 1 is 1.33 bits per heavy atom. The van der Waals surface area contributed by atoms with Crippen LogP contribution in [-0.4, -0.2) is 35.4 Å². The first kappa shape index (κ1) is 15.8. The summed E-state index contributed by atoms with van der Waals surface area (Å²) in [5, 5.41) is 0. The summed E-state index contributed by atoms with van der Waals surface area (Å²) in [6.45, 7) is 6.06. The molecular weight excluding hydrogens is 270 g/mol.